The second-order valence-electron chi connectivity index (χ2n) is 3.19. The smallest absolute Gasteiger partial charge is 0.413 e. The molecule has 1 N–H and O–H groups in total. The van der Waals surface area contributed by atoms with Crippen molar-refractivity contribution in [2.45, 2.75) is 0 Å². The van der Waals surface area contributed by atoms with Gasteiger partial charge in [0.2, 0.25) is 5.88 Å². The molecule has 2 aromatic rings. The molecular formula is C11H9ClN2O3. The number of amides is 1. The Morgan fingerprint density at radius 1 is 1.41 bits per heavy atom. The number of nitrogens with one attached hydrogen (secondary N) is 1. The predicted octanol–water partition coefficient (Wildman–Crippen LogP) is 3.17. The lowest BCUT2D eigenvalue weighted by Crippen LogP contribution is -2.10. The molecule has 1 heterocycles. The van der Waals surface area contributed by atoms with Crippen molar-refractivity contribution >= 4 is 23.6 Å². The third kappa shape index (κ3) is 2.57. The van der Waals surface area contributed by atoms with Gasteiger partial charge in [-0.05, 0) is 17.7 Å². The summed E-state index contributed by atoms with van der Waals surface area (Å²) in [6, 6.07) is 7.09. The highest BCUT2D eigenvalue weighted by atomic mass is 35.5. The zero-order chi connectivity index (χ0) is 12.3. The molecular weight excluding hydrogens is 244 g/mol. The predicted molar refractivity (Wildman–Crippen MR) is 63.0 cm³/mol. The summed E-state index contributed by atoms with van der Waals surface area (Å²) in [7, 11) is 1.27. The molecule has 0 aliphatic carbocycles. The molecule has 0 spiro atoms. The topological polar surface area (TPSA) is 64.4 Å². The highest BCUT2D eigenvalue weighted by Crippen LogP contribution is 2.28. The van der Waals surface area contributed by atoms with Crippen LogP contribution < -0.4 is 5.32 Å². The first-order valence-electron chi connectivity index (χ1n) is 4.76. The summed E-state index contributed by atoms with van der Waals surface area (Å²) in [6.07, 6.45) is 0.895. The van der Waals surface area contributed by atoms with Crippen LogP contribution in [0, 0.1) is 0 Å². The summed E-state index contributed by atoms with van der Waals surface area (Å²) in [6.45, 7) is 0. The Hall–Kier alpha value is -2.01. The molecule has 0 aliphatic heterocycles. The van der Waals surface area contributed by atoms with Gasteiger partial charge >= 0.3 is 6.09 Å². The molecule has 17 heavy (non-hydrogen) atoms. The van der Waals surface area contributed by atoms with Crippen LogP contribution in [0.15, 0.2) is 35.0 Å². The van der Waals surface area contributed by atoms with E-state index in [9.17, 15) is 4.79 Å². The molecule has 2 rings (SSSR count). The number of nitrogens with zero attached hydrogens (tertiary/aromatic N) is 1. The maximum absolute atomic E-state index is 11.1. The van der Waals surface area contributed by atoms with Crippen molar-refractivity contribution in [3.05, 3.63) is 35.5 Å². The number of halogens is 1. The third-order valence-electron chi connectivity index (χ3n) is 2.13. The quantitative estimate of drug-likeness (QED) is 0.892. The number of rotatable bonds is 2. The second kappa shape index (κ2) is 4.88. The van der Waals surface area contributed by atoms with Gasteiger partial charge in [0.05, 0.1) is 18.9 Å². The van der Waals surface area contributed by atoms with Crippen molar-refractivity contribution in [2.24, 2.45) is 0 Å². The molecule has 0 atom stereocenters. The lowest BCUT2D eigenvalue weighted by molar-refractivity contribution is 0.186. The Kier molecular flexibility index (Phi) is 3.30. The van der Waals surface area contributed by atoms with Crippen LogP contribution in [-0.2, 0) is 4.74 Å². The fourth-order valence-corrected chi connectivity index (χ4v) is 1.43. The van der Waals surface area contributed by atoms with Crippen molar-refractivity contribution in [2.75, 3.05) is 12.4 Å². The van der Waals surface area contributed by atoms with Crippen molar-refractivity contribution in [1.29, 1.82) is 0 Å². The second-order valence-corrected chi connectivity index (χ2v) is 3.63. The molecule has 5 nitrogen and oxygen atoms in total. The summed E-state index contributed by atoms with van der Waals surface area (Å²) in [5.41, 5.74) is 1.49. The summed E-state index contributed by atoms with van der Waals surface area (Å²) < 4.78 is 9.40. The summed E-state index contributed by atoms with van der Waals surface area (Å²) in [5, 5.41) is 6.69. The molecule has 0 radical (unpaired) electrons. The Morgan fingerprint density at radius 3 is 2.76 bits per heavy atom. The number of ether oxygens (including phenoxy) is 1. The van der Waals surface area contributed by atoms with Crippen LogP contribution in [0.2, 0.25) is 5.02 Å². The Labute approximate surface area is 102 Å². The van der Waals surface area contributed by atoms with Crippen molar-refractivity contribution in [1.82, 2.24) is 5.16 Å². The van der Waals surface area contributed by atoms with Crippen LogP contribution in [0.25, 0.3) is 11.1 Å². The normalized spacial score (nSPS) is 10.0. The zero-order valence-corrected chi connectivity index (χ0v) is 9.69. The van der Waals surface area contributed by atoms with Gasteiger partial charge < -0.3 is 9.26 Å². The summed E-state index contributed by atoms with van der Waals surface area (Å²) >= 11 is 5.79. The van der Waals surface area contributed by atoms with Gasteiger partial charge in [0, 0.05) is 5.02 Å². The maximum atomic E-state index is 11.1. The fraction of sp³-hybridized carbons (Fsp3) is 0.0909. The molecule has 0 fully saturated rings. The molecule has 1 amide bonds. The highest BCUT2D eigenvalue weighted by Gasteiger charge is 2.13. The molecule has 0 saturated carbocycles. The van der Waals surface area contributed by atoms with Gasteiger partial charge in [0.25, 0.3) is 0 Å². The van der Waals surface area contributed by atoms with Gasteiger partial charge in [-0.15, -0.1) is 0 Å². The van der Waals surface area contributed by atoms with Crippen LogP contribution >= 0.6 is 11.6 Å². The van der Waals surface area contributed by atoms with Gasteiger partial charge in [-0.1, -0.05) is 28.9 Å². The minimum absolute atomic E-state index is 0.235. The molecule has 0 unspecified atom stereocenters. The van der Waals surface area contributed by atoms with E-state index in [1.807, 2.05) is 0 Å². The van der Waals surface area contributed by atoms with Crippen LogP contribution in [0.5, 0.6) is 0 Å². The monoisotopic (exact) mass is 252 g/mol. The molecule has 88 valence electrons. The number of anilines is 1. The van der Waals surface area contributed by atoms with E-state index >= 15 is 0 Å². The minimum atomic E-state index is -0.614. The van der Waals surface area contributed by atoms with Gasteiger partial charge in [0.15, 0.2) is 0 Å². The van der Waals surface area contributed by atoms with E-state index in [1.165, 1.54) is 13.3 Å². The highest BCUT2D eigenvalue weighted by molar-refractivity contribution is 6.30. The van der Waals surface area contributed by atoms with E-state index in [1.54, 1.807) is 24.3 Å². The number of carbonyl (C=O) groups is 1. The SMILES string of the molecule is COC(=O)Nc1oncc1-c1ccc(Cl)cc1. The standard InChI is InChI=1S/C11H9ClN2O3/c1-16-11(15)14-10-9(6-13-17-10)7-2-4-8(12)5-3-7/h2-6H,1H3,(H,14,15). The Morgan fingerprint density at radius 2 is 2.12 bits per heavy atom. The van der Waals surface area contributed by atoms with E-state index < -0.39 is 6.09 Å². The minimum Gasteiger partial charge on any atom is -0.453 e. The van der Waals surface area contributed by atoms with Crippen LogP contribution in [-0.4, -0.2) is 18.4 Å². The summed E-state index contributed by atoms with van der Waals surface area (Å²) in [5.74, 6) is 0.235. The average molecular weight is 253 g/mol. The third-order valence-corrected chi connectivity index (χ3v) is 2.38. The molecule has 0 aliphatic rings. The van der Waals surface area contributed by atoms with E-state index in [0.29, 0.717) is 10.6 Å². The lowest BCUT2D eigenvalue weighted by atomic mass is 10.1. The van der Waals surface area contributed by atoms with Gasteiger partial charge in [-0.3, -0.25) is 5.32 Å². The van der Waals surface area contributed by atoms with E-state index in [-0.39, 0.29) is 5.88 Å². The Balaban J connectivity index is 2.30. The van der Waals surface area contributed by atoms with Crippen LogP contribution in [0.4, 0.5) is 10.7 Å². The number of methoxy groups -OCH3 is 1. The average Bonchev–Trinajstić information content (AvgIpc) is 2.78. The Bertz CT molecular complexity index is 522. The lowest BCUT2D eigenvalue weighted by Gasteiger charge is -2.02. The first-order valence-corrected chi connectivity index (χ1v) is 5.14. The zero-order valence-electron chi connectivity index (χ0n) is 8.94. The molecule has 0 saturated heterocycles. The van der Waals surface area contributed by atoms with Crippen molar-refractivity contribution in [3.63, 3.8) is 0 Å². The molecule has 1 aromatic carbocycles. The molecule has 1 aromatic heterocycles. The first kappa shape index (κ1) is 11.5. The van der Waals surface area contributed by atoms with E-state index in [0.717, 1.165) is 5.56 Å². The first-order chi connectivity index (χ1) is 8.20. The van der Waals surface area contributed by atoms with E-state index in [4.69, 9.17) is 16.1 Å². The number of hydrogen-bond acceptors (Lipinski definition) is 4. The number of hydrogen-bond donors (Lipinski definition) is 1. The van der Waals surface area contributed by atoms with Gasteiger partial charge in [-0.2, -0.15) is 0 Å². The van der Waals surface area contributed by atoms with Crippen molar-refractivity contribution < 1.29 is 14.1 Å². The largest absolute Gasteiger partial charge is 0.453 e. The molecule has 0 bridgehead atoms. The van der Waals surface area contributed by atoms with E-state index in [2.05, 4.69) is 15.2 Å². The number of carbonyl (C=O) groups excluding carboxylic acids is 1. The maximum Gasteiger partial charge on any atom is 0.413 e. The van der Waals surface area contributed by atoms with Crippen LogP contribution in [0.1, 0.15) is 0 Å². The van der Waals surface area contributed by atoms with Crippen LogP contribution in [0.3, 0.4) is 0 Å². The van der Waals surface area contributed by atoms with Crippen molar-refractivity contribution in [3.8, 4) is 11.1 Å². The molecule has 6 heteroatoms. The van der Waals surface area contributed by atoms with Gasteiger partial charge in [0.1, 0.15) is 0 Å². The fourth-order valence-electron chi connectivity index (χ4n) is 1.31. The number of benzene rings is 1. The van der Waals surface area contributed by atoms with Gasteiger partial charge in [-0.25, -0.2) is 4.79 Å². The summed E-state index contributed by atoms with van der Waals surface area (Å²) in [4.78, 5) is 11.1. The number of aromatic nitrogens is 1.